The van der Waals surface area contributed by atoms with Gasteiger partial charge >= 0.3 is 0 Å². The van der Waals surface area contributed by atoms with E-state index in [2.05, 4.69) is 11.5 Å². The molecule has 0 fully saturated rings. The molecule has 0 atom stereocenters. The monoisotopic (exact) mass is 160 g/mol. The molecule has 0 aliphatic rings. The van der Waals surface area contributed by atoms with Gasteiger partial charge in [-0.25, -0.2) is 4.58 Å². The van der Waals surface area contributed by atoms with E-state index in [1.807, 2.05) is 18.7 Å². The van der Waals surface area contributed by atoms with E-state index in [1.54, 1.807) is 0 Å². The molecular formula is C8H17N2O+. The van der Waals surface area contributed by atoms with Crippen molar-refractivity contribution < 1.29 is 9.37 Å². The minimum absolute atomic E-state index is 0.746. The Morgan fingerprint density at radius 3 is 2.64 bits per heavy atom. The summed E-state index contributed by atoms with van der Waals surface area (Å²) in [5.41, 5.74) is 0. The third-order valence-electron chi connectivity index (χ3n) is 1.35. The van der Waals surface area contributed by atoms with Gasteiger partial charge in [0, 0.05) is 13.0 Å². The SMILES string of the molecule is C[15N+](C)=CCCCC[15NH][13CH]=O. The average molecular weight is 160 g/mol. The summed E-state index contributed by atoms with van der Waals surface area (Å²) in [5.74, 6) is 0. The molecule has 0 aromatic carbocycles. The summed E-state index contributed by atoms with van der Waals surface area (Å²) >= 11 is 0. The number of nitrogens with zero attached hydrogens (tertiary/aromatic N) is 1. The van der Waals surface area contributed by atoms with Crippen LogP contribution in [0.3, 0.4) is 0 Å². The maximum atomic E-state index is 9.82. The molecule has 0 heterocycles. The maximum Gasteiger partial charge on any atom is 0.207 e. The van der Waals surface area contributed by atoms with Crippen molar-refractivity contribution in [3.05, 3.63) is 0 Å². The quantitative estimate of drug-likeness (QED) is 0.148. The topological polar surface area (TPSA) is 32.1 Å². The van der Waals surface area contributed by atoms with Crippen molar-refractivity contribution in [2.75, 3.05) is 20.6 Å². The number of amides is 1. The Morgan fingerprint density at radius 1 is 1.36 bits per heavy atom. The van der Waals surface area contributed by atoms with Crippen molar-refractivity contribution in [1.29, 1.82) is 0 Å². The second-order valence-corrected chi connectivity index (χ2v) is 2.71. The summed E-state index contributed by atoms with van der Waals surface area (Å²) in [4.78, 5) is 9.82. The van der Waals surface area contributed by atoms with Crippen LogP contribution in [0.15, 0.2) is 0 Å². The predicted octanol–water partition coefficient (Wildman–Crippen LogP) is 0.246. The summed E-state index contributed by atoms with van der Waals surface area (Å²) in [6.07, 6.45) is 6.17. The fourth-order valence-corrected chi connectivity index (χ4v) is 0.780. The molecule has 0 aromatic rings. The number of hydrogen-bond acceptors (Lipinski definition) is 1. The Morgan fingerprint density at radius 2 is 2.09 bits per heavy atom. The third-order valence-corrected chi connectivity index (χ3v) is 1.35. The van der Waals surface area contributed by atoms with Crippen LogP contribution in [-0.2, 0) is 4.79 Å². The van der Waals surface area contributed by atoms with Gasteiger partial charge in [-0.05, 0) is 12.8 Å². The van der Waals surface area contributed by atoms with E-state index in [4.69, 9.17) is 0 Å². The zero-order chi connectivity index (χ0) is 8.53. The Balaban J connectivity index is 3.02. The van der Waals surface area contributed by atoms with Crippen LogP contribution >= 0.6 is 0 Å². The minimum Gasteiger partial charge on any atom is -0.359 e. The van der Waals surface area contributed by atoms with Crippen LogP contribution in [0.1, 0.15) is 19.3 Å². The summed E-state index contributed by atoms with van der Waals surface area (Å²) < 4.78 is 2.05. The van der Waals surface area contributed by atoms with Crippen molar-refractivity contribution in [2.45, 2.75) is 19.3 Å². The standard InChI is InChI=1S/C8H16N2O/c1-10(2)7-5-3-4-6-9-8-11/h7-8H,3-6H2,1-2H3/p+1/i8+1,9+1,10+1. The number of carbonyl (C=O) groups excluding carboxylic acids is 1. The van der Waals surface area contributed by atoms with Crippen LogP contribution in [0.5, 0.6) is 0 Å². The fraction of sp³-hybridized carbons (Fsp3) is 0.750. The van der Waals surface area contributed by atoms with E-state index in [0.29, 0.717) is 0 Å². The van der Waals surface area contributed by atoms with Crippen molar-refractivity contribution in [3.63, 3.8) is 0 Å². The lowest BCUT2D eigenvalue weighted by Crippen LogP contribution is -2.11. The predicted molar refractivity (Wildman–Crippen MR) is 46.1 cm³/mol. The number of nitrogens with one attached hydrogen (secondary N) is 1. The van der Waals surface area contributed by atoms with E-state index in [9.17, 15) is 4.79 Å². The van der Waals surface area contributed by atoms with E-state index in [0.717, 1.165) is 32.2 Å². The lowest BCUT2D eigenvalue weighted by molar-refractivity contribution is -0.460. The van der Waals surface area contributed by atoms with Gasteiger partial charge < -0.3 is 5.32 Å². The highest BCUT2D eigenvalue weighted by atomic mass is 16.2. The number of hydrogen-bond donors (Lipinski definition) is 1. The van der Waals surface area contributed by atoms with Crippen molar-refractivity contribution >= 4 is 12.6 Å². The lowest BCUT2D eigenvalue weighted by atomic mass is 10.2. The normalized spacial score (nSPS) is 8.91. The van der Waals surface area contributed by atoms with Gasteiger partial charge in [0.2, 0.25) is 6.41 Å². The van der Waals surface area contributed by atoms with Gasteiger partial charge in [0.1, 0.15) is 20.3 Å². The van der Waals surface area contributed by atoms with Crippen LogP contribution in [0.25, 0.3) is 0 Å². The fourth-order valence-electron chi connectivity index (χ4n) is 0.780. The highest BCUT2D eigenvalue weighted by molar-refractivity contribution is 5.50. The first-order chi connectivity index (χ1) is 5.27. The second kappa shape index (κ2) is 7.25. The van der Waals surface area contributed by atoms with Gasteiger partial charge in [-0.2, -0.15) is 0 Å². The first-order valence-corrected chi connectivity index (χ1v) is 3.94. The lowest BCUT2D eigenvalue weighted by Gasteiger charge is -1.94. The van der Waals surface area contributed by atoms with Crippen molar-refractivity contribution in [3.8, 4) is 0 Å². The molecular weight excluding hydrogens is 143 g/mol. The zero-order valence-electron chi connectivity index (χ0n) is 7.34. The van der Waals surface area contributed by atoms with E-state index in [-0.39, 0.29) is 0 Å². The van der Waals surface area contributed by atoms with Gasteiger partial charge in [0.25, 0.3) is 0 Å². The summed E-state index contributed by atoms with van der Waals surface area (Å²) in [7, 11) is 4.04. The van der Waals surface area contributed by atoms with Gasteiger partial charge in [-0.3, -0.25) is 4.79 Å². The van der Waals surface area contributed by atoms with Gasteiger partial charge in [-0.15, -0.1) is 0 Å². The van der Waals surface area contributed by atoms with Crippen molar-refractivity contribution in [1.82, 2.24) is 5.32 Å². The Labute approximate surface area is 68.1 Å². The van der Waals surface area contributed by atoms with Crippen LogP contribution < -0.4 is 5.32 Å². The molecule has 0 saturated heterocycles. The molecule has 0 aromatic heterocycles. The van der Waals surface area contributed by atoms with Crippen LogP contribution in [0, 0.1) is 0 Å². The largest absolute Gasteiger partial charge is 0.359 e. The van der Waals surface area contributed by atoms with Crippen LogP contribution in [0.2, 0.25) is 0 Å². The molecule has 3 nitrogen and oxygen atoms in total. The zero-order valence-corrected chi connectivity index (χ0v) is 7.34. The third kappa shape index (κ3) is 9.14. The molecule has 0 unspecified atom stereocenters. The molecule has 0 aliphatic carbocycles. The molecule has 0 bridgehead atoms. The molecule has 11 heavy (non-hydrogen) atoms. The van der Waals surface area contributed by atoms with E-state index in [1.165, 1.54) is 0 Å². The molecule has 0 radical (unpaired) electrons. The first kappa shape index (κ1) is 10.1. The number of unbranched alkanes of at least 4 members (excludes halogenated alkanes) is 2. The molecule has 0 rings (SSSR count). The Hall–Kier alpha value is -0.860. The number of carbonyl (C=O) groups is 1. The molecule has 3 heteroatoms. The molecule has 1 amide bonds. The summed E-state index contributed by atoms with van der Waals surface area (Å²) in [6.45, 7) is 0.796. The molecule has 1 N–H and O–H groups in total. The van der Waals surface area contributed by atoms with Crippen molar-refractivity contribution in [2.24, 2.45) is 0 Å². The molecule has 64 valence electrons. The van der Waals surface area contributed by atoms with Gasteiger partial charge in [-0.1, -0.05) is 0 Å². The molecule has 0 saturated carbocycles. The molecule has 0 aliphatic heterocycles. The maximum absolute atomic E-state index is 9.82. The van der Waals surface area contributed by atoms with E-state index < -0.39 is 0 Å². The summed E-state index contributed by atoms with van der Waals surface area (Å²) in [6, 6.07) is 0. The van der Waals surface area contributed by atoms with Gasteiger partial charge in [0.15, 0.2) is 0 Å². The van der Waals surface area contributed by atoms with Crippen LogP contribution in [-0.4, -0.2) is 37.8 Å². The number of rotatable bonds is 6. The van der Waals surface area contributed by atoms with Gasteiger partial charge in [0.05, 0.1) is 0 Å². The highest BCUT2D eigenvalue weighted by Gasteiger charge is 1.88. The Kier molecular flexibility index (Phi) is 6.68. The highest BCUT2D eigenvalue weighted by Crippen LogP contribution is 1.89. The molecule has 0 spiro atoms. The van der Waals surface area contributed by atoms with Crippen LogP contribution in [0.4, 0.5) is 0 Å². The Bertz CT molecular complexity index is 128. The smallest absolute Gasteiger partial charge is 0.207 e. The minimum atomic E-state index is 0.746. The average Bonchev–Trinajstić information content (AvgIpc) is 1.96. The first-order valence-electron chi connectivity index (χ1n) is 3.94. The second-order valence-electron chi connectivity index (χ2n) is 2.71. The van der Waals surface area contributed by atoms with E-state index >= 15 is 0 Å². The summed E-state index contributed by atoms with van der Waals surface area (Å²) in [5, 5.41) is 2.63.